The van der Waals surface area contributed by atoms with Crippen LogP contribution in [0.3, 0.4) is 0 Å². The molecule has 0 aliphatic carbocycles. The van der Waals surface area contributed by atoms with Crippen LogP contribution in [0.1, 0.15) is 10.4 Å². The van der Waals surface area contributed by atoms with Crippen molar-refractivity contribution in [2.24, 2.45) is 0 Å². The number of halogens is 6. The molecule has 12 heteroatoms. The van der Waals surface area contributed by atoms with Gasteiger partial charge in [-0.25, -0.2) is 17.8 Å². The highest BCUT2D eigenvalue weighted by atomic mass is 35.5. The van der Waals surface area contributed by atoms with Gasteiger partial charge in [0.05, 0.1) is 16.3 Å². The van der Waals surface area contributed by atoms with Crippen LogP contribution in [0.25, 0.3) is 0 Å². The van der Waals surface area contributed by atoms with Crippen molar-refractivity contribution in [3.05, 3.63) is 58.9 Å². The van der Waals surface area contributed by atoms with E-state index in [2.05, 4.69) is 11.6 Å². The first-order valence-electron chi connectivity index (χ1n) is 7.28. The second kappa shape index (κ2) is 8.89. The molecule has 0 fully saturated rings. The number of hydrogen-bond acceptors (Lipinski definition) is 3. The van der Waals surface area contributed by atoms with Crippen LogP contribution >= 0.6 is 23.2 Å². The lowest BCUT2D eigenvalue weighted by Gasteiger charge is -2.16. The second-order valence-corrected chi connectivity index (χ2v) is 7.50. The van der Waals surface area contributed by atoms with Crippen molar-refractivity contribution in [1.82, 2.24) is 5.32 Å². The third-order valence-electron chi connectivity index (χ3n) is 3.25. The first-order chi connectivity index (χ1) is 13.0. The highest BCUT2D eigenvalue weighted by molar-refractivity contribution is 7.86. The molecular formula is C16H10Cl2F4N2O3S. The van der Waals surface area contributed by atoms with Crippen molar-refractivity contribution in [3.8, 4) is 0 Å². The molecule has 0 saturated heterocycles. The molecule has 0 aliphatic heterocycles. The molecule has 0 radical (unpaired) electrons. The lowest BCUT2D eigenvalue weighted by Crippen LogP contribution is -2.34. The van der Waals surface area contributed by atoms with Gasteiger partial charge in [0.2, 0.25) is 5.63 Å². The number of rotatable bonds is 5. The maximum absolute atomic E-state index is 14.0. The molecule has 0 bridgehead atoms. The minimum atomic E-state index is -4.44. The highest BCUT2D eigenvalue weighted by Crippen LogP contribution is 2.33. The SMILES string of the molecule is O=C(NC(=O)c1ccccc1Cl)Nc1ccc(S(=O)C(F)(F)C(F)Cl)cc1F. The van der Waals surface area contributed by atoms with Gasteiger partial charge in [0.1, 0.15) is 16.6 Å². The molecule has 2 aromatic carbocycles. The fourth-order valence-corrected chi connectivity index (χ4v) is 3.26. The maximum Gasteiger partial charge on any atom is 0.369 e. The molecule has 2 atom stereocenters. The van der Waals surface area contributed by atoms with Crippen molar-refractivity contribution in [2.45, 2.75) is 15.8 Å². The summed E-state index contributed by atoms with van der Waals surface area (Å²) in [6.07, 6.45) is 0. The van der Waals surface area contributed by atoms with Crippen LogP contribution in [0.4, 0.5) is 28.0 Å². The molecular weight excluding hydrogens is 447 g/mol. The van der Waals surface area contributed by atoms with E-state index in [4.69, 9.17) is 11.6 Å². The Balaban J connectivity index is 2.11. The largest absolute Gasteiger partial charge is 0.369 e. The molecule has 0 saturated carbocycles. The van der Waals surface area contributed by atoms with Crippen LogP contribution in [-0.4, -0.2) is 27.0 Å². The average molecular weight is 457 g/mol. The van der Waals surface area contributed by atoms with Crippen molar-refractivity contribution < 1.29 is 31.4 Å². The van der Waals surface area contributed by atoms with Gasteiger partial charge in [-0.05, 0) is 30.3 Å². The number of benzene rings is 2. The Morgan fingerprint density at radius 1 is 1.14 bits per heavy atom. The molecule has 5 nitrogen and oxygen atoms in total. The van der Waals surface area contributed by atoms with Crippen LogP contribution in [-0.2, 0) is 10.8 Å². The zero-order valence-corrected chi connectivity index (χ0v) is 15.8. The molecule has 2 rings (SSSR count). The molecule has 2 N–H and O–H groups in total. The smallest absolute Gasteiger partial charge is 0.305 e. The molecule has 0 aromatic heterocycles. The Morgan fingerprint density at radius 3 is 2.36 bits per heavy atom. The van der Waals surface area contributed by atoms with Crippen molar-refractivity contribution >= 4 is 51.6 Å². The van der Waals surface area contributed by atoms with Crippen LogP contribution < -0.4 is 10.6 Å². The van der Waals surface area contributed by atoms with E-state index in [0.717, 1.165) is 12.1 Å². The van der Waals surface area contributed by atoms with E-state index in [1.54, 1.807) is 6.07 Å². The van der Waals surface area contributed by atoms with Gasteiger partial charge in [-0.2, -0.15) is 8.78 Å². The number of alkyl halides is 4. The van der Waals surface area contributed by atoms with E-state index in [-0.39, 0.29) is 10.6 Å². The Bertz CT molecular complexity index is 944. The number of hydrogen-bond donors (Lipinski definition) is 2. The zero-order chi connectivity index (χ0) is 21.1. The summed E-state index contributed by atoms with van der Waals surface area (Å²) in [6, 6.07) is 6.75. The fraction of sp³-hybridized carbons (Fsp3) is 0.125. The summed E-state index contributed by atoms with van der Waals surface area (Å²) in [7, 11) is -3.27. The molecule has 2 aromatic rings. The van der Waals surface area contributed by atoms with Gasteiger partial charge in [-0.3, -0.25) is 10.1 Å². The Morgan fingerprint density at radius 2 is 1.79 bits per heavy atom. The van der Waals surface area contributed by atoms with Crippen molar-refractivity contribution in [1.29, 1.82) is 0 Å². The minimum Gasteiger partial charge on any atom is -0.305 e. The summed E-state index contributed by atoms with van der Waals surface area (Å²) in [5.74, 6) is -2.11. The third-order valence-corrected chi connectivity index (χ3v) is 5.37. The van der Waals surface area contributed by atoms with Gasteiger partial charge in [0.25, 0.3) is 5.91 Å². The molecule has 0 heterocycles. The Hall–Kier alpha value is -2.17. The number of imide groups is 1. The van der Waals surface area contributed by atoms with E-state index in [9.17, 15) is 31.4 Å². The molecule has 150 valence electrons. The van der Waals surface area contributed by atoms with Crippen LogP contribution in [0.15, 0.2) is 47.4 Å². The molecule has 0 aliphatic rings. The van der Waals surface area contributed by atoms with Gasteiger partial charge in [0, 0.05) is 4.90 Å². The van der Waals surface area contributed by atoms with Gasteiger partial charge in [-0.15, -0.1) is 0 Å². The summed E-state index contributed by atoms with van der Waals surface area (Å²) >= 11 is 10.5. The Labute approximate surface area is 168 Å². The minimum absolute atomic E-state index is 0.00499. The van der Waals surface area contributed by atoms with E-state index in [1.165, 1.54) is 18.2 Å². The highest BCUT2D eigenvalue weighted by Gasteiger charge is 2.46. The quantitative estimate of drug-likeness (QED) is 0.506. The van der Waals surface area contributed by atoms with Gasteiger partial charge in [-0.1, -0.05) is 35.3 Å². The van der Waals surface area contributed by atoms with Crippen LogP contribution in [0.5, 0.6) is 0 Å². The van der Waals surface area contributed by atoms with Gasteiger partial charge < -0.3 is 5.32 Å². The van der Waals surface area contributed by atoms with E-state index in [0.29, 0.717) is 6.07 Å². The van der Waals surface area contributed by atoms with E-state index < -0.39 is 50.0 Å². The first kappa shape index (κ1) is 22.1. The molecule has 3 amide bonds. The predicted molar refractivity (Wildman–Crippen MR) is 96.4 cm³/mol. The van der Waals surface area contributed by atoms with E-state index >= 15 is 0 Å². The van der Waals surface area contributed by atoms with Gasteiger partial charge in [0.15, 0.2) is 0 Å². The topological polar surface area (TPSA) is 75.3 Å². The molecule has 28 heavy (non-hydrogen) atoms. The monoisotopic (exact) mass is 456 g/mol. The maximum atomic E-state index is 14.0. The summed E-state index contributed by atoms with van der Waals surface area (Å²) in [5, 5.41) is -0.477. The van der Waals surface area contributed by atoms with Crippen LogP contribution in [0.2, 0.25) is 5.02 Å². The number of nitrogens with one attached hydrogen (secondary N) is 2. The normalized spacial score (nSPS) is 13.5. The lowest BCUT2D eigenvalue weighted by atomic mass is 10.2. The standard InChI is InChI=1S/C16H10Cl2F4N2O3S/c17-10-4-2-1-3-9(10)13(25)24-15(26)23-12-6-5-8(7-11(12)19)28(27)16(21,22)14(18)20/h1-7,14H,(H2,23,24,25,26). The number of carbonyl (C=O) groups excluding carboxylic acids is 2. The predicted octanol–water partition coefficient (Wildman–Crippen LogP) is 4.68. The number of carbonyl (C=O) groups is 2. The van der Waals surface area contributed by atoms with Crippen molar-refractivity contribution in [3.63, 3.8) is 0 Å². The lowest BCUT2D eigenvalue weighted by molar-refractivity contribution is 0.0479. The van der Waals surface area contributed by atoms with Crippen molar-refractivity contribution in [2.75, 3.05) is 5.32 Å². The summed E-state index contributed by atoms with van der Waals surface area (Å²) in [5.41, 5.74) is -3.75. The van der Waals surface area contributed by atoms with Gasteiger partial charge >= 0.3 is 11.3 Å². The number of urea groups is 1. The van der Waals surface area contributed by atoms with E-state index in [1.807, 2.05) is 10.6 Å². The summed E-state index contributed by atoms with van der Waals surface area (Å²) < 4.78 is 65.0. The Kier molecular flexibility index (Phi) is 7.02. The summed E-state index contributed by atoms with van der Waals surface area (Å²) in [6.45, 7) is 0. The fourth-order valence-electron chi connectivity index (χ4n) is 1.92. The molecule has 2 unspecified atom stereocenters. The molecule has 0 spiro atoms. The summed E-state index contributed by atoms with van der Waals surface area (Å²) in [4.78, 5) is 23.0. The second-order valence-electron chi connectivity index (χ2n) is 5.16. The number of anilines is 1. The number of amides is 3. The third kappa shape index (κ3) is 5.00. The zero-order valence-electron chi connectivity index (χ0n) is 13.5. The van der Waals surface area contributed by atoms with Crippen LogP contribution in [0, 0.1) is 5.82 Å². The first-order valence-corrected chi connectivity index (χ1v) is 9.24. The average Bonchev–Trinajstić information content (AvgIpc) is 2.62.